The van der Waals surface area contributed by atoms with Crippen LogP contribution in [0.15, 0.2) is 54.1 Å². The molecule has 0 saturated carbocycles. The molecule has 0 aliphatic rings. The van der Waals surface area contributed by atoms with Gasteiger partial charge in [-0.25, -0.2) is 4.79 Å². The fourth-order valence-corrected chi connectivity index (χ4v) is 2.26. The fourth-order valence-electron chi connectivity index (χ4n) is 2.26. The Labute approximate surface area is 151 Å². The first-order chi connectivity index (χ1) is 12.5. The maximum Gasteiger partial charge on any atom is 0.335 e. The van der Waals surface area contributed by atoms with Crippen LogP contribution >= 0.6 is 0 Å². The predicted molar refractivity (Wildman–Crippen MR) is 96.4 cm³/mol. The summed E-state index contributed by atoms with van der Waals surface area (Å²) in [5.74, 6) is -1.24. The number of nitriles is 1. The summed E-state index contributed by atoms with van der Waals surface area (Å²) in [4.78, 5) is 23.4. The number of nitrogens with zero attached hydrogens (tertiary/aromatic N) is 1. The Morgan fingerprint density at radius 2 is 1.96 bits per heavy atom. The molecule has 2 rings (SSSR count). The van der Waals surface area contributed by atoms with Gasteiger partial charge in [-0.05, 0) is 36.8 Å². The van der Waals surface area contributed by atoms with Gasteiger partial charge in [0.2, 0.25) is 0 Å². The lowest BCUT2D eigenvalue weighted by Crippen LogP contribution is -2.23. The van der Waals surface area contributed by atoms with E-state index in [1.807, 2.05) is 36.4 Å². The largest absolute Gasteiger partial charge is 0.493 e. The molecule has 2 aromatic carbocycles. The number of carbonyl (C=O) groups is 2. The molecule has 0 aliphatic heterocycles. The van der Waals surface area contributed by atoms with Gasteiger partial charge in [0.25, 0.3) is 5.91 Å². The van der Waals surface area contributed by atoms with Gasteiger partial charge in [0.1, 0.15) is 17.4 Å². The summed E-state index contributed by atoms with van der Waals surface area (Å²) in [6.45, 7) is 2.44. The standard InChI is InChI=1S/C20H18N2O4/c1-2-26-18-9-8-15(20(24)25)10-16(18)11-17(12-21)19(23)22-13-14-6-4-3-5-7-14/h3-11H,2,13H2,1H3,(H,22,23)(H,24,25)/b17-11+. The summed E-state index contributed by atoms with van der Waals surface area (Å²) in [7, 11) is 0. The molecular weight excluding hydrogens is 332 g/mol. The number of hydrogen-bond donors (Lipinski definition) is 2. The number of carboxylic acid groups (broad SMARTS) is 1. The Morgan fingerprint density at radius 3 is 2.58 bits per heavy atom. The summed E-state index contributed by atoms with van der Waals surface area (Å²) in [5.41, 5.74) is 1.17. The highest BCUT2D eigenvalue weighted by Crippen LogP contribution is 2.23. The van der Waals surface area contributed by atoms with Gasteiger partial charge in [0.05, 0.1) is 12.2 Å². The quantitative estimate of drug-likeness (QED) is 0.591. The molecule has 0 atom stereocenters. The van der Waals surface area contributed by atoms with Crippen molar-refractivity contribution in [2.75, 3.05) is 6.61 Å². The number of ether oxygens (including phenoxy) is 1. The van der Waals surface area contributed by atoms with Crippen molar-refractivity contribution in [2.24, 2.45) is 0 Å². The van der Waals surface area contributed by atoms with Crippen molar-refractivity contribution >= 4 is 18.0 Å². The summed E-state index contributed by atoms with van der Waals surface area (Å²) in [6, 6.07) is 15.4. The van der Waals surface area contributed by atoms with E-state index in [1.165, 1.54) is 24.3 Å². The molecule has 0 aromatic heterocycles. The molecule has 6 heteroatoms. The second kappa shape index (κ2) is 9.04. The smallest absolute Gasteiger partial charge is 0.335 e. The summed E-state index contributed by atoms with van der Waals surface area (Å²) < 4.78 is 5.45. The van der Waals surface area contributed by atoms with Crippen LogP contribution in [0.4, 0.5) is 0 Å². The molecule has 0 radical (unpaired) electrons. The molecule has 0 saturated heterocycles. The summed E-state index contributed by atoms with van der Waals surface area (Å²) in [5, 5.41) is 21.1. The number of benzene rings is 2. The van der Waals surface area contributed by atoms with Crippen molar-refractivity contribution in [3.63, 3.8) is 0 Å². The zero-order chi connectivity index (χ0) is 18.9. The van der Waals surface area contributed by atoms with Crippen LogP contribution in [0.3, 0.4) is 0 Å². The van der Waals surface area contributed by atoms with Crippen LogP contribution in [0, 0.1) is 11.3 Å². The third-order valence-electron chi connectivity index (χ3n) is 3.52. The molecule has 2 aromatic rings. The predicted octanol–water partition coefficient (Wildman–Crippen LogP) is 3.01. The highest BCUT2D eigenvalue weighted by molar-refractivity contribution is 6.02. The monoisotopic (exact) mass is 350 g/mol. The van der Waals surface area contributed by atoms with Crippen LogP contribution in [0.1, 0.15) is 28.4 Å². The molecule has 0 heterocycles. The number of rotatable bonds is 7. The van der Waals surface area contributed by atoms with E-state index in [-0.39, 0.29) is 17.7 Å². The van der Waals surface area contributed by atoms with Gasteiger partial charge in [0, 0.05) is 12.1 Å². The lowest BCUT2D eigenvalue weighted by Gasteiger charge is -2.09. The van der Waals surface area contributed by atoms with E-state index in [0.29, 0.717) is 17.9 Å². The number of amides is 1. The number of aromatic carboxylic acids is 1. The van der Waals surface area contributed by atoms with Crippen LogP contribution in [0.2, 0.25) is 0 Å². The van der Waals surface area contributed by atoms with Crippen LogP contribution in [-0.4, -0.2) is 23.6 Å². The third kappa shape index (κ3) is 4.95. The Hall–Kier alpha value is -3.59. The first kappa shape index (κ1) is 18.7. The van der Waals surface area contributed by atoms with Gasteiger partial charge < -0.3 is 15.2 Å². The first-order valence-electron chi connectivity index (χ1n) is 7.99. The molecule has 0 bridgehead atoms. The minimum absolute atomic E-state index is 0.0432. The summed E-state index contributed by atoms with van der Waals surface area (Å²) in [6.07, 6.45) is 1.33. The van der Waals surface area contributed by atoms with E-state index in [0.717, 1.165) is 5.56 Å². The zero-order valence-electron chi connectivity index (χ0n) is 14.2. The van der Waals surface area contributed by atoms with Crippen molar-refractivity contribution in [1.82, 2.24) is 5.32 Å². The third-order valence-corrected chi connectivity index (χ3v) is 3.52. The molecule has 132 valence electrons. The minimum atomic E-state index is -1.10. The maximum atomic E-state index is 12.3. The van der Waals surface area contributed by atoms with E-state index in [9.17, 15) is 14.9 Å². The molecule has 0 fully saturated rings. The van der Waals surface area contributed by atoms with Crippen molar-refractivity contribution in [1.29, 1.82) is 5.26 Å². The molecule has 0 unspecified atom stereocenters. The van der Waals surface area contributed by atoms with E-state index < -0.39 is 11.9 Å². The van der Waals surface area contributed by atoms with Crippen LogP contribution in [0.5, 0.6) is 5.75 Å². The van der Waals surface area contributed by atoms with Crippen LogP contribution in [0.25, 0.3) is 6.08 Å². The zero-order valence-corrected chi connectivity index (χ0v) is 14.2. The summed E-state index contributed by atoms with van der Waals surface area (Å²) >= 11 is 0. The number of nitrogens with one attached hydrogen (secondary N) is 1. The number of carboxylic acids is 1. The van der Waals surface area contributed by atoms with Crippen molar-refractivity contribution in [2.45, 2.75) is 13.5 Å². The molecular formula is C20H18N2O4. The first-order valence-corrected chi connectivity index (χ1v) is 7.99. The highest BCUT2D eigenvalue weighted by Gasteiger charge is 2.13. The Kier molecular flexibility index (Phi) is 6.52. The van der Waals surface area contributed by atoms with Crippen LogP contribution in [-0.2, 0) is 11.3 Å². The van der Waals surface area contributed by atoms with E-state index in [1.54, 1.807) is 6.92 Å². The molecule has 26 heavy (non-hydrogen) atoms. The van der Waals surface area contributed by atoms with Gasteiger partial charge in [0.15, 0.2) is 0 Å². The second-order valence-corrected chi connectivity index (χ2v) is 5.33. The van der Waals surface area contributed by atoms with E-state index in [4.69, 9.17) is 9.84 Å². The second-order valence-electron chi connectivity index (χ2n) is 5.33. The average Bonchev–Trinajstić information content (AvgIpc) is 2.66. The van der Waals surface area contributed by atoms with Gasteiger partial charge in [-0.1, -0.05) is 30.3 Å². The van der Waals surface area contributed by atoms with Gasteiger partial charge in [-0.15, -0.1) is 0 Å². The minimum Gasteiger partial charge on any atom is -0.493 e. The van der Waals surface area contributed by atoms with E-state index in [2.05, 4.69) is 5.32 Å². The molecule has 2 N–H and O–H groups in total. The molecule has 0 spiro atoms. The molecule has 6 nitrogen and oxygen atoms in total. The average molecular weight is 350 g/mol. The van der Waals surface area contributed by atoms with Crippen molar-refractivity contribution in [3.8, 4) is 11.8 Å². The number of carbonyl (C=O) groups excluding carboxylic acids is 1. The van der Waals surface area contributed by atoms with Gasteiger partial charge in [-0.3, -0.25) is 4.79 Å². The Balaban J connectivity index is 2.26. The molecule has 1 amide bonds. The maximum absolute atomic E-state index is 12.3. The van der Waals surface area contributed by atoms with E-state index >= 15 is 0 Å². The number of hydrogen-bond acceptors (Lipinski definition) is 4. The SMILES string of the molecule is CCOc1ccc(C(=O)O)cc1/C=C(\C#N)C(=O)NCc1ccccc1. The Bertz CT molecular complexity index is 867. The topological polar surface area (TPSA) is 99.4 Å². The van der Waals surface area contributed by atoms with Crippen molar-refractivity contribution < 1.29 is 19.4 Å². The van der Waals surface area contributed by atoms with Gasteiger partial charge in [-0.2, -0.15) is 5.26 Å². The lowest BCUT2D eigenvalue weighted by molar-refractivity contribution is -0.117. The van der Waals surface area contributed by atoms with Gasteiger partial charge >= 0.3 is 5.97 Å². The fraction of sp³-hybridized carbons (Fsp3) is 0.150. The highest BCUT2D eigenvalue weighted by atomic mass is 16.5. The molecule has 0 aliphatic carbocycles. The van der Waals surface area contributed by atoms with Crippen molar-refractivity contribution in [3.05, 3.63) is 70.8 Å². The lowest BCUT2D eigenvalue weighted by atomic mass is 10.1. The Morgan fingerprint density at radius 1 is 1.23 bits per heavy atom. The van der Waals surface area contributed by atoms with Crippen LogP contribution < -0.4 is 10.1 Å². The normalized spacial score (nSPS) is 10.7.